The first-order valence-corrected chi connectivity index (χ1v) is 7.15. The van der Waals surface area contributed by atoms with Crippen LogP contribution in [-0.4, -0.2) is 12.5 Å². The summed E-state index contributed by atoms with van der Waals surface area (Å²) in [5.74, 6) is 0. The van der Waals surface area contributed by atoms with Crippen LogP contribution in [0.15, 0.2) is 22.4 Å². The zero-order chi connectivity index (χ0) is 10.1. The second-order valence-corrected chi connectivity index (χ2v) is 5.68. The van der Waals surface area contributed by atoms with Gasteiger partial charge in [0.1, 0.15) is 0 Å². The molecular weight excluding hydrogens is 327 g/mol. The highest BCUT2D eigenvalue weighted by atomic mass is 127. The number of rotatable bonds is 2. The van der Waals surface area contributed by atoms with E-state index < -0.39 is 0 Å². The molecule has 0 aliphatic heterocycles. The van der Waals surface area contributed by atoms with Crippen LogP contribution in [0.3, 0.4) is 0 Å². The molecule has 1 heterocycles. The molecule has 0 aliphatic rings. The van der Waals surface area contributed by atoms with Gasteiger partial charge in [-0.25, -0.2) is 0 Å². The molecule has 2 rings (SSSR count). The number of fused-ring (bicyclic) bond motifs is 1. The third-order valence-corrected chi connectivity index (χ3v) is 4.63. The summed E-state index contributed by atoms with van der Waals surface area (Å²) in [5, 5.41) is 3.26. The molecule has 0 bridgehead atoms. The standard InChI is InChI=1S/C10H7IOS2/c1-13-10-6-2-3-14-9(6)4-8(11)7(10)5-12/h2-5H,1H3. The lowest BCUT2D eigenvalue weighted by atomic mass is 10.2. The molecule has 0 saturated carbocycles. The van der Waals surface area contributed by atoms with Crippen LogP contribution in [0.5, 0.6) is 0 Å². The van der Waals surface area contributed by atoms with Gasteiger partial charge in [-0.3, -0.25) is 4.79 Å². The number of benzene rings is 1. The molecule has 0 atom stereocenters. The average Bonchev–Trinajstić information content (AvgIpc) is 2.62. The third kappa shape index (κ3) is 1.59. The lowest BCUT2D eigenvalue weighted by Crippen LogP contribution is -1.89. The number of carbonyl (C=O) groups excluding carboxylic acids is 1. The minimum Gasteiger partial charge on any atom is -0.298 e. The maximum atomic E-state index is 11.0. The maximum Gasteiger partial charge on any atom is 0.152 e. The Bertz CT molecular complexity index is 490. The first-order valence-electron chi connectivity index (χ1n) is 3.96. The summed E-state index contributed by atoms with van der Waals surface area (Å²) in [5.41, 5.74) is 0.823. The Kier molecular flexibility index (Phi) is 3.14. The van der Waals surface area contributed by atoms with Gasteiger partial charge in [-0.05, 0) is 46.4 Å². The topological polar surface area (TPSA) is 17.1 Å². The van der Waals surface area contributed by atoms with E-state index in [-0.39, 0.29) is 0 Å². The van der Waals surface area contributed by atoms with Crippen LogP contribution in [0.25, 0.3) is 10.1 Å². The monoisotopic (exact) mass is 334 g/mol. The molecule has 0 radical (unpaired) electrons. The highest BCUT2D eigenvalue weighted by Crippen LogP contribution is 2.35. The van der Waals surface area contributed by atoms with E-state index in [0.29, 0.717) is 0 Å². The maximum absolute atomic E-state index is 11.0. The van der Waals surface area contributed by atoms with Gasteiger partial charge < -0.3 is 0 Å². The molecule has 0 saturated heterocycles. The smallest absolute Gasteiger partial charge is 0.152 e. The minimum atomic E-state index is 0.823. The Morgan fingerprint density at radius 3 is 3.00 bits per heavy atom. The number of thiophene rings is 1. The Morgan fingerprint density at radius 1 is 1.57 bits per heavy atom. The second-order valence-electron chi connectivity index (χ2n) is 2.76. The largest absolute Gasteiger partial charge is 0.298 e. The average molecular weight is 334 g/mol. The summed E-state index contributed by atoms with van der Waals surface area (Å²) in [6, 6.07) is 4.15. The van der Waals surface area contributed by atoms with E-state index in [1.807, 2.05) is 6.26 Å². The molecule has 0 aliphatic carbocycles. The van der Waals surface area contributed by atoms with Crippen molar-refractivity contribution < 1.29 is 4.79 Å². The van der Waals surface area contributed by atoms with Crippen LogP contribution in [0.1, 0.15) is 10.4 Å². The van der Waals surface area contributed by atoms with Gasteiger partial charge in [-0.1, -0.05) is 0 Å². The number of halogens is 1. The number of hydrogen-bond acceptors (Lipinski definition) is 3. The van der Waals surface area contributed by atoms with E-state index in [1.165, 1.54) is 10.1 Å². The lowest BCUT2D eigenvalue weighted by Gasteiger charge is -2.05. The molecule has 72 valence electrons. The van der Waals surface area contributed by atoms with Gasteiger partial charge in [-0.15, -0.1) is 23.1 Å². The molecule has 14 heavy (non-hydrogen) atoms. The predicted molar refractivity (Wildman–Crippen MR) is 71.7 cm³/mol. The lowest BCUT2D eigenvalue weighted by molar-refractivity contribution is 0.112. The fraction of sp³-hybridized carbons (Fsp3) is 0.100. The van der Waals surface area contributed by atoms with Crippen LogP contribution >= 0.6 is 45.7 Å². The molecule has 0 unspecified atom stereocenters. The van der Waals surface area contributed by atoms with E-state index in [1.54, 1.807) is 23.1 Å². The third-order valence-electron chi connectivity index (χ3n) is 2.02. The van der Waals surface area contributed by atoms with Gasteiger partial charge in [0.05, 0.1) is 0 Å². The quantitative estimate of drug-likeness (QED) is 0.468. The second kappa shape index (κ2) is 4.20. The normalized spacial score (nSPS) is 10.7. The SMILES string of the molecule is CSc1c(C=O)c(I)cc2sccc12. The van der Waals surface area contributed by atoms with E-state index in [2.05, 4.69) is 40.1 Å². The van der Waals surface area contributed by atoms with E-state index in [9.17, 15) is 4.79 Å². The van der Waals surface area contributed by atoms with E-state index >= 15 is 0 Å². The molecule has 4 heteroatoms. The van der Waals surface area contributed by atoms with Crippen LogP contribution in [0.2, 0.25) is 0 Å². The predicted octanol–water partition coefficient (Wildman–Crippen LogP) is 4.04. The van der Waals surface area contributed by atoms with E-state index in [0.717, 1.165) is 20.3 Å². The van der Waals surface area contributed by atoms with Crippen LogP contribution in [0.4, 0.5) is 0 Å². The summed E-state index contributed by atoms with van der Waals surface area (Å²) in [6.07, 6.45) is 2.96. The van der Waals surface area contributed by atoms with Crippen molar-refractivity contribution in [3.63, 3.8) is 0 Å². The summed E-state index contributed by atoms with van der Waals surface area (Å²) in [6.45, 7) is 0. The molecule has 0 amide bonds. The minimum absolute atomic E-state index is 0.823. The summed E-state index contributed by atoms with van der Waals surface area (Å²) < 4.78 is 2.29. The van der Waals surface area contributed by atoms with Crippen molar-refractivity contribution in [2.24, 2.45) is 0 Å². The highest BCUT2D eigenvalue weighted by Gasteiger charge is 2.11. The zero-order valence-electron chi connectivity index (χ0n) is 7.41. The number of aldehydes is 1. The summed E-state index contributed by atoms with van der Waals surface area (Å²) in [4.78, 5) is 12.1. The summed E-state index contributed by atoms with van der Waals surface area (Å²) in [7, 11) is 0. The molecule has 0 N–H and O–H groups in total. The Labute approximate surface area is 104 Å². The van der Waals surface area contributed by atoms with Crippen molar-refractivity contribution in [2.45, 2.75) is 4.90 Å². The van der Waals surface area contributed by atoms with E-state index in [4.69, 9.17) is 0 Å². The summed E-state index contributed by atoms with van der Waals surface area (Å²) >= 11 is 5.57. The zero-order valence-corrected chi connectivity index (χ0v) is 11.2. The molecule has 0 spiro atoms. The van der Waals surface area contributed by atoms with Crippen molar-refractivity contribution in [3.8, 4) is 0 Å². The van der Waals surface area contributed by atoms with Crippen molar-refractivity contribution in [1.29, 1.82) is 0 Å². The first kappa shape index (κ1) is 10.4. The molecule has 1 aromatic heterocycles. The van der Waals surface area contributed by atoms with Gasteiger partial charge in [0.25, 0.3) is 0 Å². The fourth-order valence-corrected chi connectivity index (χ4v) is 4.17. The van der Waals surface area contributed by atoms with Gasteiger partial charge >= 0.3 is 0 Å². The van der Waals surface area contributed by atoms with Crippen molar-refractivity contribution >= 4 is 62.1 Å². The van der Waals surface area contributed by atoms with Crippen LogP contribution in [0, 0.1) is 3.57 Å². The number of hydrogen-bond donors (Lipinski definition) is 0. The molecule has 1 nitrogen and oxygen atoms in total. The van der Waals surface area contributed by atoms with Gasteiger partial charge in [-0.2, -0.15) is 0 Å². The fourth-order valence-electron chi connectivity index (χ4n) is 1.40. The highest BCUT2D eigenvalue weighted by molar-refractivity contribution is 14.1. The van der Waals surface area contributed by atoms with Gasteiger partial charge in [0.2, 0.25) is 0 Å². The number of carbonyl (C=O) groups is 1. The van der Waals surface area contributed by atoms with Crippen molar-refractivity contribution in [3.05, 3.63) is 26.6 Å². The van der Waals surface area contributed by atoms with Crippen molar-refractivity contribution in [2.75, 3.05) is 6.26 Å². The van der Waals surface area contributed by atoms with Crippen molar-refractivity contribution in [1.82, 2.24) is 0 Å². The van der Waals surface area contributed by atoms with Crippen LogP contribution < -0.4 is 0 Å². The molecule has 1 aromatic carbocycles. The number of thioether (sulfide) groups is 1. The Hall–Kier alpha value is -0.0700. The molecular formula is C10H7IOS2. The van der Waals surface area contributed by atoms with Gasteiger partial charge in [0, 0.05) is 24.1 Å². The Balaban J connectivity index is 2.88. The van der Waals surface area contributed by atoms with Crippen LogP contribution in [-0.2, 0) is 0 Å². The molecule has 0 fully saturated rings. The first-order chi connectivity index (χ1) is 6.77. The van der Waals surface area contributed by atoms with Gasteiger partial charge in [0.15, 0.2) is 6.29 Å². The Morgan fingerprint density at radius 2 is 2.36 bits per heavy atom. The molecule has 2 aromatic rings.